The molecule has 8 heteroatoms. The van der Waals surface area contributed by atoms with E-state index in [0.717, 1.165) is 6.26 Å². The second-order valence-electron chi connectivity index (χ2n) is 5.43. The predicted molar refractivity (Wildman–Crippen MR) is 68.9 cm³/mol. The fraction of sp³-hybridized carbons (Fsp3) is 0.818. The second kappa shape index (κ2) is 5.46. The van der Waals surface area contributed by atoms with Gasteiger partial charge in [0.1, 0.15) is 0 Å². The molecule has 0 aliphatic heterocycles. The first kappa shape index (κ1) is 15.9. The Bertz CT molecular complexity index is 471. The van der Waals surface area contributed by atoms with Crippen molar-refractivity contribution in [2.24, 2.45) is 17.3 Å². The van der Waals surface area contributed by atoms with Crippen molar-refractivity contribution in [2.75, 3.05) is 19.3 Å². The standard InChI is InChI=1S/C11H20N2O5S/c1-11(2)7(8(11)10(15)16)9(14)12-5-4-6-13-19(3,17)18/h7-8,13H,4-6H2,1-3H3,(H,12,14)(H,15,16). The predicted octanol–water partition coefficient (Wildman–Crippen LogP) is -0.601. The number of sulfonamides is 1. The van der Waals surface area contributed by atoms with Gasteiger partial charge >= 0.3 is 5.97 Å². The normalized spacial score (nSPS) is 24.8. The first-order valence-corrected chi connectivity index (χ1v) is 7.91. The number of nitrogens with one attached hydrogen (secondary N) is 2. The summed E-state index contributed by atoms with van der Waals surface area (Å²) in [4.78, 5) is 22.7. The van der Waals surface area contributed by atoms with E-state index in [1.54, 1.807) is 13.8 Å². The third-order valence-corrected chi connectivity index (χ3v) is 4.12. The molecule has 0 bridgehead atoms. The maximum atomic E-state index is 11.8. The van der Waals surface area contributed by atoms with E-state index in [9.17, 15) is 18.0 Å². The Morgan fingerprint density at radius 2 is 1.79 bits per heavy atom. The summed E-state index contributed by atoms with van der Waals surface area (Å²) < 4.78 is 23.9. The summed E-state index contributed by atoms with van der Waals surface area (Å²) in [6.45, 7) is 4.07. The van der Waals surface area contributed by atoms with Crippen molar-refractivity contribution in [2.45, 2.75) is 20.3 Å². The Hall–Kier alpha value is -1.15. The number of carboxylic acid groups (broad SMARTS) is 1. The molecular weight excluding hydrogens is 272 g/mol. The van der Waals surface area contributed by atoms with Crippen LogP contribution in [0.3, 0.4) is 0 Å². The summed E-state index contributed by atoms with van der Waals surface area (Å²) in [7, 11) is -3.21. The van der Waals surface area contributed by atoms with E-state index in [1.807, 2.05) is 0 Å². The molecule has 0 spiro atoms. The van der Waals surface area contributed by atoms with E-state index in [0.29, 0.717) is 13.0 Å². The van der Waals surface area contributed by atoms with Crippen LogP contribution in [0.15, 0.2) is 0 Å². The summed E-state index contributed by atoms with van der Waals surface area (Å²) in [5, 5.41) is 11.6. The van der Waals surface area contributed by atoms with E-state index < -0.39 is 33.2 Å². The van der Waals surface area contributed by atoms with Crippen molar-refractivity contribution < 1.29 is 23.1 Å². The number of rotatable bonds is 7. The largest absolute Gasteiger partial charge is 0.481 e. The molecule has 7 nitrogen and oxygen atoms in total. The van der Waals surface area contributed by atoms with Crippen LogP contribution in [0.25, 0.3) is 0 Å². The number of carboxylic acids is 1. The minimum absolute atomic E-state index is 0.246. The molecule has 0 aromatic heterocycles. The van der Waals surface area contributed by atoms with Crippen LogP contribution >= 0.6 is 0 Å². The van der Waals surface area contributed by atoms with Crippen molar-refractivity contribution in [1.29, 1.82) is 0 Å². The number of carbonyl (C=O) groups excluding carboxylic acids is 1. The molecule has 1 amide bonds. The molecule has 2 atom stereocenters. The van der Waals surface area contributed by atoms with E-state index >= 15 is 0 Å². The summed E-state index contributed by atoms with van der Waals surface area (Å²) in [5.41, 5.74) is -0.513. The average Bonchev–Trinajstić information content (AvgIpc) is 2.79. The van der Waals surface area contributed by atoms with Gasteiger partial charge in [0.05, 0.1) is 18.1 Å². The fourth-order valence-corrected chi connectivity index (χ4v) is 2.77. The summed E-state index contributed by atoms with van der Waals surface area (Å²) in [6, 6.07) is 0. The lowest BCUT2D eigenvalue weighted by atomic mass is 10.1. The Morgan fingerprint density at radius 1 is 1.21 bits per heavy atom. The smallest absolute Gasteiger partial charge is 0.307 e. The minimum atomic E-state index is -3.21. The molecule has 0 heterocycles. The topological polar surface area (TPSA) is 113 Å². The van der Waals surface area contributed by atoms with Gasteiger partial charge in [-0.05, 0) is 11.8 Å². The average molecular weight is 292 g/mol. The quantitative estimate of drug-likeness (QED) is 0.542. The molecule has 0 saturated heterocycles. The lowest BCUT2D eigenvalue weighted by Gasteiger charge is -2.06. The zero-order valence-electron chi connectivity index (χ0n) is 11.3. The molecule has 110 valence electrons. The molecule has 0 aromatic carbocycles. The van der Waals surface area contributed by atoms with Crippen LogP contribution in [-0.4, -0.2) is 44.7 Å². The van der Waals surface area contributed by atoms with Crippen LogP contribution in [-0.2, 0) is 19.6 Å². The van der Waals surface area contributed by atoms with Crippen LogP contribution in [0.1, 0.15) is 20.3 Å². The van der Waals surface area contributed by atoms with Crippen LogP contribution < -0.4 is 10.0 Å². The van der Waals surface area contributed by atoms with Crippen LogP contribution in [0, 0.1) is 17.3 Å². The van der Waals surface area contributed by atoms with Crippen LogP contribution in [0.5, 0.6) is 0 Å². The third-order valence-electron chi connectivity index (χ3n) is 3.39. The number of carbonyl (C=O) groups is 2. The zero-order chi connectivity index (χ0) is 14.8. The molecule has 1 aliphatic rings. The second-order valence-corrected chi connectivity index (χ2v) is 7.26. The molecule has 2 unspecified atom stereocenters. The third kappa shape index (κ3) is 4.17. The Balaban J connectivity index is 2.28. The molecule has 1 fully saturated rings. The van der Waals surface area contributed by atoms with Gasteiger partial charge in [0.2, 0.25) is 15.9 Å². The van der Waals surface area contributed by atoms with Crippen molar-refractivity contribution in [3.05, 3.63) is 0 Å². The van der Waals surface area contributed by atoms with E-state index in [2.05, 4.69) is 10.0 Å². The van der Waals surface area contributed by atoms with Gasteiger partial charge in [-0.15, -0.1) is 0 Å². The summed E-state index contributed by atoms with van der Waals surface area (Å²) in [5.74, 6) is -2.38. The molecule has 0 aromatic rings. The van der Waals surface area contributed by atoms with Crippen molar-refractivity contribution in [3.63, 3.8) is 0 Å². The molecule has 1 aliphatic carbocycles. The van der Waals surface area contributed by atoms with Gasteiger partial charge in [0.15, 0.2) is 0 Å². The van der Waals surface area contributed by atoms with Gasteiger partial charge in [-0.25, -0.2) is 13.1 Å². The zero-order valence-corrected chi connectivity index (χ0v) is 12.1. The molecule has 1 rings (SSSR count). The number of hydrogen-bond acceptors (Lipinski definition) is 4. The highest BCUT2D eigenvalue weighted by atomic mass is 32.2. The van der Waals surface area contributed by atoms with Crippen molar-refractivity contribution in [3.8, 4) is 0 Å². The lowest BCUT2D eigenvalue weighted by Crippen LogP contribution is -2.31. The number of amides is 1. The fourth-order valence-electron chi connectivity index (χ4n) is 2.26. The monoisotopic (exact) mass is 292 g/mol. The summed E-state index contributed by atoms with van der Waals surface area (Å²) in [6.07, 6.45) is 1.53. The van der Waals surface area contributed by atoms with E-state index in [-0.39, 0.29) is 12.5 Å². The highest BCUT2D eigenvalue weighted by Crippen LogP contribution is 2.58. The maximum absolute atomic E-state index is 11.8. The van der Waals surface area contributed by atoms with Crippen LogP contribution in [0.4, 0.5) is 0 Å². The maximum Gasteiger partial charge on any atom is 0.307 e. The Morgan fingerprint density at radius 3 is 2.21 bits per heavy atom. The van der Waals surface area contributed by atoms with Crippen molar-refractivity contribution in [1.82, 2.24) is 10.0 Å². The van der Waals surface area contributed by atoms with E-state index in [4.69, 9.17) is 5.11 Å². The van der Waals surface area contributed by atoms with Crippen molar-refractivity contribution >= 4 is 21.9 Å². The first-order valence-electron chi connectivity index (χ1n) is 6.02. The van der Waals surface area contributed by atoms with Gasteiger partial charge in [-0.1, -0.05) is 13.8 Å². The molecule has 19 heavy (non-hydrogen) atoms. The number of aliphatic carboxylic acids is 1. The molecular formula is C11H20N2O5S. The van der Waals surface area contributed by atoms with Crippen LogP contribution in [0.2, 0.25) is 0 Å². The highest BCUT2D eigenvalue weighted by molar-refractivity contribution is 7.88. The van der Waals surface area contributed by atoms with Gasteiger partial charge < -0.3 is 10.4 Å². The van der Waals surface area contributed by atoms with Gasteiger partial charge in [-0.2, -0.15) is 0 Å². The first-order chi connectivity index (χ1) is 8.57. The lowest BCUT2D eigenvalue weighted by molar-refractivity contribution is -0.140. The SMILES string of the molecule is CC1(C)C(C(=O)O)C1C(=O)NCCCNS(C)(=O)=O. The highest BCUT2D eigenvalue weighted by Gasteiger charge is 2.65. The number of hydrogen-bond donors (Lipinski definition) is 3. The minimum Gasteiger partial charge on any atom is -0.481 e. The van der Waals surface area contributed by atoms with Gasteiger partial charge in [0, 0.05) is 13.1 Å². The molecule has 0 radical (unpaired) electrons. The Labute approximate surface area is 112 Å². The Kier molecular flexibility index (Phi) is 4.57. The molecule has 1 saturated carbocycles. The van der Waals surface area contributed by atoms with E-state index in [1.165, 1.54) is 0 Å². The summed E-state index contributed by atoms with van der Waals surface area (Å²) >= 11 is 0. The van der Waals surface area contributed by atoms with Gasteiger partial charge in [0.25, 0.3) is 0 Å². The van der Waals surface area contributed by atoms with Gasteiger partial charge in [-0.3, -0.25) is 9.59 Å². The molecule has 3 N–H and O–H groups in total.